The third kappa shape index (κ3) is 4.09. The van der Waals surface area contributed by atoms with Gasteiger partial charge in [0.05, 0.1) is 0 Å². The average molecular weight is 304 g/mol. The third-order valence-corrected chi connectivity index (χ3v) is 4.91. The molecule has 0 bridgehead atoms. The Kier molecular flexibility index (Phi) is 6.29. The van der Waals surface area contributed by atoms with Crippen LogP contribution in [-0.2, 0) is 4.79 Å². The van der Waals surface area contributed by atoms with E-state index < -0.39 is 0 Å². The smallest absolute Gasteiger partial charge is 0.224 e. The third-order valence-electron chi connectivity index (χ3n) is 4.91. The average Bonchev–Trinajstić information content (AvgIpc) is 2.76. The summed E-state index contributed by atoms with van der Waals surface area (Å²) >= 11 is 0. The quantitative estimate of drug-likeness (QED) is 0.866. The molecule has 2 unspecified atom stereocenters. The number of amides is 1. The zero-order valence-electron chi connectivity index (χ0n) is 13.1. The van der Waals surface area contributed by atoms with Crippen LogP contribution in [0.1, 0.15) is 46.5 Å². The van der Waals surface area contributed by atoms with E-state index in [1.165, 1.54) is 6.42 Å². The number of piperidine rings is 1. The molecule has 0 saturated carbocycles. The van der Waals surface area contributed by atoms with Gasteiger partial charge in [0.1, 0.15) is 0 Å². The van der Waals surface area contributed by atoms with E-state index in [9.17, 15) is 4.79 Å². The Morgan fingerprint density at radius 3 is 2.55 bits per heavy atom. The Morgan fingerprint density at radius 2 is 2.00 bits per heavy atom. The molecular formula is C15H30ClN3O. The van der Waals surface area contributed by atoms with Gasteiger partial charge in [-0.05, 0) is 38.1 Å². The van der Waals surface area contributed by atoms with Gasteiger partial charge in [0.15, 0.2) is 0 Å². The van der Waals surface area contributed by atoms with Gasteiger partial charge in [-0.15, -0.1) is 12.4 Å². The van der Waals surface area contributed by atoms with Crippen LogP contribution in [-0.4, -0.2) is 54.0 Å². The Balaban J connectivity index is 0.00000200. The highest BCUT2D eigenvalue weighted by molar-refractivity contribution is 5.85. The molecule has 20 heavy (non-hydrogen) atoms. The molecule has 5 heteroatoms. The summed E-state index contributed by atoms with van der Waals surface area (Å²) in [6.07, 6.45) is 4.03. The maximum absolute atomic E-state index is 12.2. The summed E-state index contributed by atoms with van der Waals surface area (Å²) in [6, 6.07) is 0.733. The molecule has 2 rings (SSSR count). The van der Waals surface area contributed by atoms with Gasteiger partial charge in [0, 0.05) is 38.1 Å². The highest BCUT2D eigenvalue weighted by Gasteiger charge is 2.33. The second-order valence-electron chi connectivity index (χ2n) is 6.99. The second-order valence-corrected chi connectivity index (χ2v) is 6.99. The van der Waals surface area contributed by atoms with E-state index >= 15 is 0 Å². The van der Waals surface area contributed by atoms with E-state index in [2.05, 4.69) is 30.6 Å². The maximum Gasteiger partial charge on any atom is 0.224 e. The molecule has 2 aliphatic heterocycles. The van der Waals surface area contributed by atoms with Crippen LogP contribution in [0.2, 0.25) is 0 Å². The molecule has 2 saturated heterocycles. The van der Waals surface area contributed by atoms with Crippen molar-refractivity contribution in [2.75, 3.05) is 26.2 Å². The number of carbonyl (C=O) groups is 1. The van der Waals surface area contributed by atoms with E-state index in [0.717, 1.165) is 39.0 Å². The molecule has 0 aromatic rings. The minimum atomic E-state index is 0. The topological polar surface area (TPSA) is 49.6 Å². The first-order valence-corrected chi connectivity index (χ1v) is 7.67. The first-order chi connectivity index (χ1) is 8.90. The largest absolute Gasteiger partial charge is 0.340 e. The number of halogens is 1. The van der Waals surface area contributed by atoms with Gasteiger partial charge in [-0.2, -0.15) is 0 Å². The molecule has 1 amide bonds. The van der Waals surface area contributed by atoms with Crippen molar-refractivity contribution in [1.29, 1.82) is 0 Å². The molecule has 2 heterocycles. The molecule has 0 radical (unpaired) electrons. The van der Waals surface area contributed by atoms with E-state index in [0.29, 0.717) is 18.4 Å². The molecular weight excluding hydrogens is 274 g/mol. The molecule has 2 N–H and O–H groups in total. The highest BCUT2D eigenvalue weighted by Crippen LogP contribution is 2.27. The Hall–Kier alpha value is -0.320. The van der Waals surface area contributed by atoms with Gasteiger partial charge in [-0.25, -0.2) is 0 Å². The Bertz CT molecular complexity index is 335. The normalized spacial score (nSPS) is 30.1. The lowest BCUT2D eigenvalue weighted by Gasteiger charge is -2.42. The summed E-state index contributed by atoms with van der Waals surface area (Å²) in [4.78, 5) is 16.7. The summed E-state index contributed by atoms with van der Waals surface area (Å²) in [5, 5.41) is 0. The fourth-order valence-electron chi connectivity index (χ4n) is 3.38. The summed E-state index contributed by atoms with van der Waals surface area (Å²) in [7, 11) is 0. The predicted octanol–water partition coefficient (Wildman–Crippen LogP) is 1.87. The van der Waals surface area contributed by atoms with Gasteiger partial charge in [-0.1, -0.05) is 13.8 Å². The van der Waals surface area contributed by atoms with Gasteiger partial charge in [0.2, 0.25) is 5.91 Å². The lowest BCUT2D eigenvalue weighted by Crippen LogP contribution is -2.52. The van der Waals surface area contributed by atoms with Crippen molar-refractivity contribution in [2.45, 2.75) is 58.5 Å². The molecule has 0 spiro atoms. The predicted molar refractivity (Wildman–Crippen MR) is 85.1 cm³/mol. The lowest BCUT2D eigenvalue weighted by atomic mass is 9.79. The van der Waals surface area contributed by atoms with Crippen LogP contribution in [0.5, 0.6) is 0 Å². The zero-order chi connectivity index (χ0) is 14.0. The highest BCUT2D eigenvalue weighted by atomic mass is 35.5. The summed E-state index contributed by atoms with van der Waals surface area (Å²) < 4.78 is 0. The number of rotatable bonds is 3. The number of hydrogen-bond acceptors (Lipinski definition) is 3. The molecule has 2 fully saturated rings. The SMILES string of the molecule is CC1CCCN1C(=O)CCN1CCC(N)C(C)(C)C1.Cl. The van der Waals surface area contributed by atoms with Crippen LogP contribution < -0.4 is 5.73 Å². The molecule has 4 nitrogen and oxygen atoms in total. The van der Waals surface area contributed by atoms with Crippen molar-refractivity contribution >= 4 is 18.3 Å². The van der Waals surface area contributed by atoms with Crippen LogP contribution in [0.4, 0.5) is 0 Å². The van der Waals surface area contributed by atoms with Gasteiger partial charge >= 0.3 is 0 Å². The molecule has 0 aromatic heterocycles. The molecule has 0 aromatic carbocycles. The molecule has 118 valence electrons. The van der Waals surface area contributed by atoms with Crippen LogP contribution in [0.3, 0.4) is 0 Å². The van der Waals surface area contributed by atoms with Crippen molar-refractivity contribution in [3.63, 3.8) is 0 Å². The minimum absolute atomic E-state index is 0. The Morgan fingerprint density at radius 1 is 1.30 bits per heavy atom. The monoisotopic (exact) mass is 303 g/mol. The van der Waals surface area contributed by atoms with Crippen molar-refractivity contribution in [1.82, 2.24) is 9.80 Å². The van der Waals surface area contributed by atoms with E-state index in [1.807, 2.05) is 0 Å². The van der Waals surface area contributed by atoms with Crippen LogP contribution in [0, 0.1) is 5.41 Å². The zero-order valence-corrected chi connectivity index (χ0v) is 13.9. The van der Waals surface area contributed by atoms with Gasteiger partial charge in [0.25, 0.3) is 0 Å². The van der Waals surface area contributed by atoms with Gasteiger partial charge < -0.3 is 15.5 Å². The summed E-state index contributed by atoms with van der Waals surface area (Å²) in [5.74, 6) is 0.331. The summed E-state index contributed by atoms with van der Waals surface area (Å²) in [6.45, 7) is 10.5. The first-order valence-electron chi connectivity index (χ1n) is 7.67. The van der Waals surface area contributed by atoms with Crippen molar-refractivity contribution in [3.8, 4) is 0 Å². The summed E-state index contributed by atoms with van der Waals surface area (Å²) in [5.41, 5.74) is 6.32. The maximum atomic E-state index is 12.2. The van der Waals surface area contributed by atoms with Gasteiger partial charge in [-0.3, -0.25) is 4.79 Å². The van der Waals surface area contributed by atoms with Crippen molar-refractivity contribution in [2.24, 2.45) is 11.1 Å². The first kappa shape index (κ1) is 17.7. The van der Waals surface area contributed by atoms with E-state index in [4.69, 9.17) is 5.73 Å². The van der Waals surface area contributed by atoms with Crippen molar-refractivity contribution < 1.29 is 4.79 Å². The fraction of sp³-hybridized carbons (Fsp3) is 0.933. The van der Waals surface area contributed by atoms with Crippen LogP contribution in [0.25, 0.3) is 0 Å². The van der Waals surface area contributed by atoms with E-state index in [1.54, 1.807) is 0 Å². The standard InChI is InChI=1S/C15H29N3O.ClH/c1-12-5-4-8-18(12)14(19)7-10-17-9-6-13(16)15(2,3)11-17;/h12-13H,4-11,16H2,1-3H3;1H. The van der Waals surface area contributed by atoms with E-state index in [-0.39, 0.29) is 23.9 Å². The fourth-order valence-corrected chi connectivity index (χ4v) is 3.38. The second kappa shape index (κ2) is 7.10. The number of likely N-dealkylation sites (tertiary alicyclic amines) is 2. The number of nitrogens with zero attached hydrogens (tertiary/aromatic N) is 2. The van der Waals surface area contributed by atoms with Crippen molar-refractivity contribution in [3.05, 3.63) is 0 Å². The number of hydrogen-bond donors (Lipinski definition) is 1. The minimum Gasteiger partial charge on any atom is -0.340 e. The molecule has 0 aliphatic carbocycles. The molecule has 2 atom stereocenters. The van der Waals surface area contributed by atoms with Crippen LogP contribution in [0.15, 0.2) is 0 Å². The van der Waals surface area contributed by atoms with Crippen LogP contribution >= 0.6 is 12.4 Å². The molecule has 2 aliphatic rings. The lowest BCUT2D eigenvalue weighted by molar-refractivity contribution is -0.132. The Labute approximate surface area is 129 Å². The number of nitrogens with two attached hydrogens (primary N) is 1. The number of carbonyl (C=O) groups excluding carboxylic acids is 1.